The Morgan fingerprint density at radius 3 is 2.45 bits per heavy atom. The molecule has 5 heterocycles. The minimum atomic E-state index is -4.24. The van der Waals surface area contributed by atoms with Gasteiger partial charge < -0.3 is 14.5 Å². The number of benzene rings is 1. The lowest BCUT2D eigenvalue weighted by Crippen LogP contribution is -2.50. The number of anilines is 1. The maximum Gasteiger partial charge on any atom is 0.246 e. The van der Waals surface area contributed by atoms with Crippen molar-refractivity contribution in [2.75, 3.05) is 38.2 Å². The summed E-state index contributed by atoms with van der Waals surface area (Å²) in [5.74, 6) is 2.66. The fourth-order valence-electron chi connectivity index (χ4n) is 6.76. The minimum Gasteiger partial charge on any atom is -0.497 e. The molecular weight excluding hydrogens is 645 g/mol. The number of piperazine rings is 1. The molecule has 0 radical (unpaired) electrons. The van der Waals surface area contributed by atoms with E-state index in [1.54, 1.807) is 58.9 Å². The summed E-state index contributed by atoms with van der Waals surface area (Å²) >= 11 is 0. The van der Waals surface area contributed by atoms with E-state index in [0.717, 1.165) is 12.0 Å². The first kappa shape index (κ1) is 32.6. The molecule has 0 bridgehead atoms. The molecule has 1 amide bonds. The SMILES string of the molecule is COc1ccc(CN(C2(C#N)CC2)S(=O)(=O)c2cc(N3CCN(C(=O)C(C)C)CC3)c3ncc(-c4cc5n(n4)CCCC5=C=O)n3c2)cc1. The number of hydrogen-bond acceptors (Lipinski definition) is 9. The van der Waals surface area contributed by atoms with Crippen molar-refractivity contribution in [2.45, 2.75) is 63.1 Å². The molecule has 2 fully saturated rings. The van der Waals surface area contributed by atoms with E-state index in [-0.39, 0.29) is 23.3 Å². The van der Waals surface area contributed by atoms with Crippen molar-refractivity contribution < 1.29 is 22.7 Å². The van der Waals surface area contributed by atoms with E-state index in [1.807, 2.05) is 24.8 Å². The molecule has 1 aliphatic carbocycles. The molecule has 13 nitrogen and oxygen atoms in total. The van der Waals surface area contributed by atoms with Crippen molar-refractivity contribution in [3.05, 3.63) is 60.0 Å². The third-order valence-electron chi connectivity index (χ3n) is 9.74. The minimum absolute atomic E-state index is 0.00854. The first-order valence-electron chi connectivity index (χ1n) is 16.5. The third kappa shape index (κ3) is 5.77. The number of carbonyl (C=O) groups excluding carboxylic acids is 2. The quantitative estimate of drug-likeness (QED) is 0.241. The Labute approximate surface area is 285 Å². The molecule has 7 rings (SSSR count). The summed E-state index contributed by atoms with van der Waals surface area (Å²) in [5, 5.41) is 15.0. The fraction of sp³-hybridized carbons (Fsp3) is 0.429. The molecule has 0 unspecified atom stereocenters. The van der Waals surface area contributed by atoms with E-state index in [2.05, 4.69) is 16.9 Å². The number of ether oxygens (including phenoxy) is 1. The number of hydrogen-bond donors (Lipinski definition) is 0. The first-order valence-corrected chi connectivity index (χ1v) is 18.0. The fourth-order valence-corrected chi connectivity index (χ4v) is 8.52. The van der Waals surface area contributed by atoms with Crippen LogP contribution < -0.4 is 9.64 Å². The molecule has 4 aromatic rings. The summed E-state index contributed by atoms with van der Waals surface area (Å²) in [6.07, 6.45) is 5.47. The van der Waals surface area contributed by atoms with Crippen molar-refractivity contribution in [1.82, 2.24) is 28.4 Å². The van der Waals surface area contributed by atoms with Crippen LogP contribution in [0, 0.1) is 17.2 Å². The molecule has 254 valence electrons. The van der Waals surface area contributed by atoms with Crippen molar-refractivity contribution in [2.24, 2.45) is 5.92 Å². The van der Waals surface area contributed by atoms with E-state index in [4.69, 9.17) is 14.8 Å². The summed E-state index contributed by atoms with van der Waals surface area (Å²) in [6, 6.07) is 12.9. The molecule has 3 aliphatic rings. The molecule has 1 aromatic carbocycles. The highest BCUT2D eigenvalue weighted by atomic mass is 32.2. The van der Waals surface area contributed by atoms with Gasteiger partial charge in [0.1, 0.15) is 27.8 Å². The van der Waals surface area contributed by atoms with E-state index in [9.17, 15) is 23.3 Å². The predicted molar refractivity (Wildman–Crippen MR) is 182 cm³/mol. The largest absolute Gasteiger partial charge is 0.497 e. The van der Waals surface area contributed by atoms with Crippen LogP contribution in [0.2, 0.25) is 0 Å². The Bertz CT molecular complexity index is 2130. The van der Waals surface area contributed by atoms with Crippen LogP contribution in [-0.4, -0.2) is 87.5 Å². The normalized spacial score (nSPS) is 17.3. The van der Waals surface area contributed by atoms with Gasteiger partial charge in [-0.3, -0.25) is 13.9 Å². The zero-order valence-electron chi connectivity index (χ0n) is 27.8. The number of sulfonamides is 1. The van der Waals surface area contributed by atoms with Gasteiger partial charge in [0.25, 0.3) is 0 Å². The van der Waals surface area contributed by atoms with E-state index < -0.39 is 15.6 Å². The molecule has 0 N–H and O–H groups in total. The molecule has 0 atom stereocenters. The maximum atomic E-state index is 14.8. The summed E-state index contributed by atoms with van der Waals surface area (Å²) < 4.78 is 39.7. The Morgan fingerprint density at radius 1 is 1.08 bits per heavy atom. The lowest BCUT2D eigenvalue weighted by molar-refractivity contribution is -0.134. The van der Waals surface area contributed by atoms with Crippen molar-refractivity contribution in [3.8, 4) is 23.2 Å². The van der Waals surface area contributed by atoms with Crippen LogP contribution >= 0.6 is 0 Å². The number of amides is 1. The molecule has 0 spiro atoms. The van der Waals surface area contributed by atoms with Gasteiger partial charge in [-0.2, -0.15) is 14.7 Å². The van der Waals surface area contributed by atoms with Crippen LogP contribution in [0.25, 0.3) is 22.6 Å². The van der Waals surface area contributed by atoms with Crippen LogP contribution in [0.5, 0.6) is 5.75 Å². The van der Waals surface area contributed by atoms with Crippen LogP contribution in [0.1, 0.15) is 50.8 Å². The predicted octanol–water partition coefficient (Wildman–Crippen LogP) is 3.77. The summed E-state index contributed by atoms with van der Waals surface area (Å²) in [4.78, 5) is 33.1. The van der Waals surface area contributed by atoms with Crippen LogP contribution in [-0.2, 0) is 32.7 Å². The van der Waals surface area contributed by atoms with Crippen LogP contribution in [0.15, 0.2) is 53.7 Å². The van der Waals surface area contributed by atoms with Gasteiger partial charge in [-0.1, -0.05) is 26.0 Å². The van der Waals surface area contributed by atoms with Gasteiger partial charge in [0.05, 0.1) is 42.0 Å². The molecule has 1 saturated heterocycles. The average molecular weight is 683 g/mol. The summed E-state index contributed by atoms with van der Waals surface area (Å²) in [7, 11) is -2.68. The number of carbonyl (C=O) groups is 1. The number of pyridine rings is 1. The standard InChI is InChI=1S/C35H38N8O5S/c1-24(2)34(45)40-15-13-39(14-16-40)31-17-28(49(46,47)43(35(23-36)10-11-35)20-25-6-8-27(48-3)9-7-25)21-41-32(19-37-33(31)41)29-18-30-26(22-44)5-4-12-42(30)38-29/h6-9,17-19,21,24H,4-5,10-16,20H2,1-3H3. The number of aromatic nitrogens is 4. The lowest BCUT2D eigenvalue weighted by Gasteiger charge is -2.37. The number of nitriles is 1. The molecule has 1 saturated carbocycles. The molecule has 3 aromatic heterocycles. The maximum absolute atomic E-state index is 14.8. The molecule has 14 heteroatoms. The summed E-state index contributed by atoms with van der Waals surface area (Å²) in [6.45, 7) is 6.38. The van der Waals surface area contributed by atoms with Crippen LogP contribution in [0.4, 0.5) is 5.69 Å². The number of rotatable bonds is 9. The van der Waals surface area contributed by atoms with Gasteiger partial charge >= 0.3 is 0 Å². The van der Waals surface area contributed by atoms with E-state index in [0.29, 0.717) is 91.7 Å². The number of nitrogens with zero attached hydrogens (tertiary/aromatic N) is 8. The van der Waals surface area contributed by atoms with Gasteiger partial charge in [0.15, 0.2) is 5.65 Å². The van der Waals surface area contributed by atoms with Gasteiger partial charge in [0.2, 0.25) is 15.9 Å². The topological polar surface area (TPSA) is 146 Å². The Balaban J connectivity index is 1.35. The second-order valence-electron chi connectivity index (χ2n) is 13.2. The van der Waals surface area contributed by atoms with Gasteiger partial charge in [0, 0.05) is 51.4 Å². The highest BCUT2D eigenvalue weighted by Gasteiger charge is 2.54. The van der Waals surface area contributed by atoms with Gasteiger partial charge in [-0.15, -0.1) is 0 Å². The van der Waals surface area contributed by atoms with Crippen molar-refractivity contribution >= 4 is 38.8 Å². The Kier molecular flexibility index (Phi) is 8.30. The van der Waals surface area contributed by atoms with E-state index >= 15 is 0 Å². The zero-order chi connectivity index (χ0) is 34.5. The van der Waals surface area contributed by atoms with Gasteiger partial charge in [-0.05, 0) is 55.5 Å². The molecule has 2 aliphatic heterocycles. The Hall–Kier alpha value is -4.96. The number of imidazole rings is 1. The highest BCUT2D eigenvalue weighted by Crippen LogP contribution is 2.45. The zero-order valence-corrected chi connectivity index (χ0v) is 28.6. The summed E-state index contributed by atoms with van der Waals surface area (Å²) in [5.41, 5.74) is 3.07. The highest BCUT2D eigenvalue weighted by molar-refractivity contribution is 7.89. The lowest BCUT2D eigenvalue weighted by atomic mass is 10.0. The second-order valence-corrected chi connectivity index (χ2v) is 15.1. The number of aryl methyl sites for hydroxylation is 1. The monoisotopic (exact) mass is 682 g/mol. The molecular formula is C35H38N8O5S. The van der Waals surface area contributed by atoms with Crippen molar-refractivity contribution in [3.63, 3.8) is 0 Å². The van der Waals surface area contributed by atoms with Crippen LogP contribution in [0.3, 0.4) is 0 Å². The number of methoxy groups -OCH3 is 1. The molecule has 49 heavy (non-hydrogen) atoms. The first-order chi connectivity index (χ1) is 23.6. The number of allylic oxidation sites excluding steroid dienone is 1. The third-order valence-corrected chi connectivity index (χ3v) is 11.6. The number of fused-ring (bicyclic) bond motifs is 2. The van der Waals surface area contributed by atoms with Crippen molar-refractivity contribution in [1.29, 1.82) is 5.26 Å². The smallest absolute Gasteiger partial charge is 0.246 e. The second kappa shape index (κ2) is 12.5. The van der Waals surface area contributed by atoms with E-state index in [1.165, 1.54) is 4.31 Å². The van der Waals surface area contributed by atoms with Gasteiger partial charge in [-0.25, -0.2) is 18.2 Å². The Morgan fingerprint density at radius 2 is 1.82 bits per heavy atom. The average Bonchev–Trinajstić information content (AvgIpc) is 3.59.